The molecule has 2 aromatic rings. The molecule has 1 aliphatic heterocycles. The Bertz CT molecular complexity index is 630. The van der Waals surface area contributed by atoms with E-state index < -0.39 is 6.04 Å². The Hall–Kier alpha value is -1.98. The van der Waals surface area contributed by atoms with Crippen LogP contribution in [0.4, 0.5) is 0 Å². The highest BCUT2D eigenvalue weighted by Gasteiger charge is 2.27. The average molecular weight is 284 g/mol. The lowest BCUT2D eigenvalue weighted by molar-refractivity contribution is -0.123. The molecule has 1 fully saturated rings. The zero-order valence-electron chi connectivity index (χ0n) is 12.0. The molecule has 5 heteroatoms. The minimum Gasteiger partial charge on any atom is -0.368 e. The van der Waals surface area contributed by atoms with Gasteiger partial charge in [0.25, 0.3) is 0 Å². The van der Waals surface area contributed by atoms with Gasteiger partial charge in [-0.15, -0.1) is 0 Å². The van der Waals surface area contributed by atoms with Gasteiger partial charge in [-0.1, -0.05) is 24.3 Å². The normalized spacial score (nSPS) is 18.3. The summed E-state index contributed by atoms with van der Waals surface area (Å²) in [5.74, 6) is -0.310. The Labute approximate surface area is 124 Å². The summed E-state index contributed by atoms with van der Waals surface area (Å²) in [5, 5.41) is 4.39. The van der Waals surface area contributed by atoms with E-state index >= 15 is 0 Å². The molecule has 1 atom stereocenters. The van der Waals surface area contributed by atoms with Crippen molar-refractivity contribution in [2.45, 2.75) is 12.5 Å². The van der Waals surface area contributed by atoms with Gasteiger partial charge in [-0.05, 0) is 19.0 Å². The molecule has 2 heterocycles. The molecule has 3 N–H and O–H groups in total. The van der Waals surface area contributed by atoms with E-state index in [4.69, 9.17) is 5.73 Å². The van der Waals surface area contributed by atoms with Crippen LogP contribution in [0.3, 0.4) is 0 Å². The number of nitrogens with two attached hydrogens (primary N) is 1. The molecule has 0 radical (unpaired) electrons. The average Bonchev–Trinajstić information content (AvgIpc) is 2.77. The third-order valence-electron chi connectivity index (χ3n) is 3.97. The van der Waals surface area contributed by atoms with Crippen LogP contribution in [0.5, 0.6) is 0 Å². The van der Waals surface area contributed by atoms with Gasteiger partial charge in [0.05, 0.1) is 5.52 Å². The summed E-state index contributed by atoms with van der Waals surface area (Å²) in [5.41, 5.74) is 7.48. The highest BCUT2D eigenvalue weighted by Crippen LogP contribution is 2.27. The number of hydrogen-bond acceptors (Lipinski definition) is 4. The van der Waals surface area contributed by atoms with E-state index in [1.165, 1.54) is 0 Å². The second kappa shape index (κ2) is 6.20. The van der Waals surface area contributed by atoms with Crippen molar-refractivity contribution >= 4 is 16.8 Å². The monoisotopic (exact) mass is 284 g/mol. The van der Waals surface area contributed by atoms with E-state index in [1.807, 2.05) is 30.3 Å². The lowest BCUT2D eigenvalue weighted by Crippen LogP contribution is -2.40. The molecule has 0 spiro atoms. The molecule has 1 aromatic carbocycles. The van der Waals surface area contributed by atoms with Gasteiger partial charge in [-0.25, -0.2) is 0 Å². The third kappa shape index (κ3) is 2.89. The standard InChI is InChI=1S/C16H20N4O/c17-16(21)15(20-10-3-7-18-9-11-20)13-6-1-4-12-5-2-8-19-14(12)13/h1-2,4-6,8,15,18H,3,7,9-11H2,(H2,17,21). The number of nitrogens with one attached hydrogen (secondary N) is 1. The van der Waals surface area contributed by atoms with Crippen molar-refractivity contribution in [2.75, 3.05) is 26.2 Å². The molecule has 1 unspecified atom stereocenters. The van der Waals surface area contributed by atoms with E-state index in [0.717, 1.165) is 49.1 Å². The van der Waals surface area contributed by atoms with Gasteiger partial charge >= 0.3 is 0 Å². The number of pyridine rings is 1. The molecular formula is C16H20N4O. The molecule has 0 bridgehead atoms. The number of benzene rings is 1. The van der Waals surface area contributed by atoms with Gasteiger partial charge in [0.15, 0.2) is 0 Å². The predicted octanol–water partition coefficient (Wildman–Crippen LogP) is 1.06. The van der Waals surface area contributed by atoms with Crippen LogP contribution in [0.25, 0.3) is 10.9 Å². The quantitative estimate of drug-likeness (QED) is 0.884. The zero-order valence-corrected chi connectivity index (χ0v) is 12.0. The molecule has 5 nitrogen and oxygen atoms in total. The lowest BCUT2D eigenvalue weighted by atomic mass is 10.0. The van der Waals surface area contributed by atoms with Gasteiger partial charge < -0.3 is 11.1 Å². The first-order valence-corrected chi connectivity index (χ1v) is 7.35. The van der Waals surface area contributed by atoms with E-state index in [0.29, 0.717) is 0 Å². The van der Waals surface area contributed by atoms with Gasteiger partial charge in [0.2, 0.25) is 5.91 Å². The summed E-state index contributed by atoms with van der Waals surface area (Å²) in [6, 6.07) is 9.43. The summed E-state index contributed by atoms with van der Waals surface area (Å²) in [6.07, 6.45) is 2.77. The van der Waals surface area contributed by atoms with Crippen molar-refractivity contribution < 1.29 is 4.79 Å². The molecule has 1 saturated heterocycles. The number of fused-ring (bicyclic) bond motifs is 1. The van der Waals surface area contributed by atoms with Crippen molar-refractivity contribution in [1.82, 2.24) is 15.2 Å². The van der Waals surface area contributed by atoms with Crippen molar-refractivity contribution in [3.05, 3.63) is 42.1 Å². The number of carbonyl (C=O) groups excluding carboxylic acids is 1. The summed E-state index contributed by atoms with van der Waals surface area (Å²) in [4.78, 5) is 18.7. The fourth-order valence-electron chi connectivity index (χ4n) is 3.00. The highest BCUT2D eigenvalue weighted by atomic mass is 16.1. The molecule has 0 saturated carbocycles. The van der Waals surface area contributed by atoms with Crippen LogP contribution in [0.1, 0.15) is 18.0 Å². The van der Waals surface area contributed by atoms with Crippen LogP contribution < -0.4 is 11.1 Å². The van der Waals surface area contributed by atoms with Crippen LogP contribution in [-0.2, 0) is 4.79 Å². The van der Waals surface area contributed by atoms with E-state index in [9.17, 15) is 4.79 Å². The number of amides is 1. The minimum atomic E-state index is -0.413. The van der Waals surface area contributed by atoms with Gasteiger partial charge in [-0.2, -0.15) is 0 Å². The van der Waals surface area contributed by atoms with Crippen LogP contribution in [0, 0.1) is 0 Å². The first-order chi connectivity index (χ1) is 10.3. The Balaban J connectivity index is 2.05. The van der Waals surface area contributed by atoms with Gasteiger partial charge in [0, 0.05) is 36.8 Å². The molecule has 3 rings (SSSR count). The number of nitrogens with zero attached hydrogens (tertiary/aromatic N) is 2. The number of rotatable bonds is 3. The van der Waals surface area contributed by atoms with Crippen molar-refractivity contribution in [2.24, 2.45) is 5.73 Å². The summed E-state index contributed by atoms with van der Waals surface area (Å²) in [6.45, 7) is 3.54. The fraction of sp³-hybridized carbons (Fsp3) is 0.375. The van der Waals surface area contributed by atoms with Crippen LogP contribution in [-0.4, -0.2) is 42.0 Å². The second-order valence-corrected chi connectivity index (χ2v) is 5.37. The largest absolute Gasteiger partial charge is 0.368 e. The van der Waals surface area contributed by atoms with Crippen LogP contribution in [0.2, 0.25) is 0 Å². The number of carbonyl (C=O) groups is 1. The Morgan fingerprint density at radius 3 is 2.95 bits per heavy atom. The molecule has 1 amide bonds. The molecule has 0 aliphatic carbocycles. The first-order valence-electron chi connectivity index (χ1n) is 7.35. The number of aromatic nitrogens is 1. The maximum absolute atomic E-state index is 12.1. The molecule has 21 heavy (non-hydrogen) atoms. The maximum Gasteiger partial charge on any atom is 0.239 e. The third-order valence-corrected chi connectivity index (χ3v) is 3.97. The minimum absolute atomic E-state index is 0.310. The topological polar surface area (TPSA) is 71.2 Å². The predicted molar refractivity (Wildman–Crippen MR) is 82.7 cm³/mol. The zero-order chi connectivity index (χ0) is 14.7. The van der Waals surface area contributed by atoms with Crippen molar-refractivity contribution in [3.8, 4) is 0 Å². The van der Waals surface area contributed by atoms with Gasteiger partial charge in [0.1, 0.15) is 6.04 Å². The Kier molecular flexibility index (Phi) is 4.13. The Morgan fingerprint density at radius 1 is 1.24 bits per heavy atom. The first kappa shape index (κ1) is 14.0. The Morgan fingerprint density at radius 2 is 2.10 bits per heavy atom. The second-order valence-electron chi connectivity index (χ2n) is 5.37. The molecule has 1 aromatic heterocycles. The summed E-state index contributed by atoms with van der Waals surface area (Å²) < 4.78 is 0. The number of hydrogen-bond donors (Lipinski definition) is 2. The summed E-state index contributed by atoms with van der Waals surface area (Å²) >= 11 is 0. The van der Waals surface area contributed by atoms with E-state index in [-0.39, 0.29) is 5.91 Å². The molecular weight excluding hydrogens is 264 g/mol. The number of para-hydroxylation sites is 1. The maximum atomic E-state index is 12.1. The van der Waals surface area contributed by atoms with E-state index in [2.05, 4.69) is 15.2 Å². The molecule has 110 valence electrons. The summed E-state index contributed by atoms with van der Waals surface area (Å²) in [7, 11) is 0. The highest BCUT2D eigenvalue weighted by molar-refractivity contribution is 5.89. The van der Waals surface area contributed by atoms with Crippen LogP contribution in [0.15, 0.2) is 36.5 Å². The number of primary amides is 1. The van der Waals surface area contributed by atoms with Crippen molar-refractivity contribution in [1.29, 1.82) is 0 Å². The van der Waals surface area contributed by atoms with Gasteiger partial charge in [-0.3, -0.25) is 14.7 Å². The smallest absolute Gasteiger partial charge is 0.239 e. The fourth-order valence-corrected chi connectivity index (χ4v) is 3.00. The van der Waals surface area contributed by atoms with Crippen LogP contribution >= 0.6 is 0 Å². The molecule has 1 aliphatic rings. The lowest BCUT2D eigenvalue weighted by Gasteiger charge is -2.28. The van der Waals surface area contributed by atoms with Crippen molar-refractivity contribution in [3.63, 3.8) is 0 Å². The SMILES string of the molecule is NC(=O)C(c1cccc2cccnc12)N1CCCNCC1. The van der Waals surface area contributed by atoms with E-state index in [1.54, 1.807) is 6.20 Å².